The molecule has 1 N–H and O–H groups in total. The molecule has 0 aliphatic rings. The fourth-order valence-corrected chi connectivity index (χ4v) is 2.21. The van der Waals surface area contributed by atoms with Gasteiger partial charge in [-0.2, -0.15) is 0 Å². The number of hydrogen-bond donors (Lipinski definition) is 1. The summed E-state index contributed by atoms with van der Waals surface area (Å²) >= 11 is 0. The number of carbonyl (C=O) groups excluding carboxylic acids is 1. The van der Waals surface area contributed by atoms with E-state index < -0.39 is 5.97 Å². The Labute approximate surface area is 136 Å². The fourth-order valence-electron chi connectivity index (χ4n) is 2.21. The average Bonchev–Trinajstić information content (AvgIpc) is 2.60. The van der Waals surface area contributed by atoms with Gasteiger partial charge in [0.2, 0.25) is 0 Å². The van der Waals surface area contributed by atoms with E-state index in [4.69, 9.17) is 9.47 Å². The van der Waals surface area contributed by atoms with Gasteiger partial charge < -0.3 is 14.8 Å². The molecule has 0 heterocycles. The summed E-state index contributed by atoms with van der Waals surface area (Å²) in [5.74, 6) is 0.353. The zero-order chi connectivity index (χ0) is 16.7. The van der Waals surface area contributed by atoms with Crippen molar-refractivity contribution in [3.05, 3.63) is 72.3 Å². The van der Waals surface area contributed by atoms with E-state index in [2.05, 4.69) is 11.9 Å². The minimum Gasteiger partial charge on any atom is -0.497 e. The van der Waals surface area contributed by atoms with Gasteiger partial charge in [-0.1, -0.05) is 36.9 Å². The monoisotopic (exact) mass is 311 g/mol. The first-order valence-corrected chi connectivity index (χ1v) is 7.47. The van der Waals surface area contributed by atoms with Gasteiger partial charge in [-0.15, -0.1) is 0 Å². The van der Waals surface area contributed by atoms with Crippen LogP contribution in [0.5, 0.6) is 5.75 Å². The summed E-state index contributed by atoms with van der Waals surface area (Å²) in [6.07, 6.45) is 0. The van der Waals surface area contributed by atoms with Crippen LogP contribution in [0, 0.1) is 0 Å². The van der Waals surface area contributed by atoms with Crippen molar-refractivity contribution in [2.24, 2.45) is 0 Å². The predicted octanol–water partition coefficient (Wildman–Crippen LogP) is 3.97. The van der Waals surface area contributed by atoms with Crippen LogP contribution in [0.1, 0.15) is 18.5 Å². The second kappa shape index (κ2) is 8.03. The molecule has 0 aliphatic heterocycles. The number of methoxy groups -OCH3 is 1. The van der Waals surface area contributed by atoms with Crippen LogP contribution in [0.4, 0.5) is 5.69 Å². The van der Waals surface area contributed by atoms with Gasteiger partial charge in [0.1, 0.15) is 5.75 Å². The normalized spacial score (nSPS) is 11.4. The van der Waals surface area contributed by atoms with Crippen LogP contribution in [-0.4, -0.2) is 19.7 Å². The topological polar surface area (TPSA) is 47.6 Å². The Balaban J connectivity index is 2.29. The number of nitrogens with one attached hydrogen (secondary N) is 1. The third-order valence-electron chi connectivity index (χ3n) is 3.42. The zero-order valence-corrected chi connectivity index (χ0v) is 13.4. The fraction of sp³-hybridized carbons (Fsp3) is 0.211. The Hall–Kier alpha value is -2.75. The van der Waals surface area contributed by atoms with Gasteiger partial charge in [0.25, 0.3) is 0 Å². The van der Waals surface area contributed by atoms with E-state index in [9.17, 15) is 4.79 Å². The molecule has 0 aromatic heterocycles. The molecular formula is C19H21NO3. The van der Waals surface area contributed by atoms with E-state index >= 15 is 0 Å². The molecule has 0 saturated carbocycles. The number of hydrogen-bond acceptors (Lipinski definition) is 4. The second-order valence-corrected chi connectivity index (χ2v) is 4.96. The number of ether oxygens (including phenoxy) is 2. The molecule has 2 aromatic carbocycles. The van der Waals surface area contributed by atoms with Crippen molar-refractivity contribution in [2.75, 3.05) is 19.0 Å². The highest BCUT2D eigenvalue weighted by molar-refractivity contribution is 5.90. The molecule has 2 rings (SSSR count). The van der Waals surface area contributed by atoms with Crippen molar-refractivity contribution >= 4 is 11.7 Å². The quantitative estimate of drug-likeness (QED) is 0.621. The highest BCUT2D eigenvalue weighted by Gasteiger charge is 2.22. The Morgan fingerprint density at radius 2 is 1.78 bits per heavy atom. The summed E-state index contributed by atoms with van der Waals surface area (Å²) in [4.78, 5) is 12.1. The minimum absolute atomic E-state index is 0.318. The van der Waals surface area contributed by atoms with E-state index in [1.54, 1.807) is 14.0 Å². The molecule has 0 amide bonds. The third-order valence-corrected chi connectivity index (χ3v) is 3.42. The van der Waals surface area contributed by atoms with E-state index in [-0.39, 0.29) is 6.04 Å². The Bertz CT molecular complexity index is 650. The lowest BCUT2D eigenvalue weighted by Gasteiger charge is -2.22. The van der Waals surface area contributed by atoms with Crippen molar-refractivity contribution < 1.29 is 14.3 Å². The van der Waals surface area contributed by atoms with Crippen LogP contribution in [0.15, 0.2) is 66.7 Å². The van der Waals surface area contributed by atoms with Gasteiger partial charge in [0, 0.05) is 5.69 Å². The molecular weight excluding hydrogens is 290 g/mol. The highest BCUT2D eigenvalue weighted by Crippen LogP contribution is 2.28. The van der Waals surface area contributed by atoms with Crippen LogP contribution in [-0.2, 0) is 9.53 Å². The van der Waals surface area contributed by atoms with Gasteiger partial charge in [-0.25, -0.2) is 4.79 Å². The molecule has 0 saturated heterocycles. The molecule has 0 spiro atoms. The first kappa shape index (κ1) is 16.6. The molecule has 0 unspecified atom stereocenters. The van der Waals surface area contributed by atoms with E-state index in [0.29, 0.717) is 12.2 Å². The Kier molecular flexibility index (Phi) is 5.80. The second-order valence-electron chi connectivity index (χ2n) is 4.96. The van der Waals surface area contributed by atoms with E-state index in [1.165, 1.54) is 0 Å². The lowest BCUT2D eigenvalue weighted by molar-refractivity contribution is -0.138. The third kappa shape index (κ3) is 4.36. The van der Waals surface area contributed by atoms with Crippen LogP contribution in [0.2, 0.25) is 0 Å². The molecule has 0 bridgehead atoms. The number of esters is 1. The lowest BCUT2D eigenvalue weighted by atomic mass is 9.99. The van der Waals surface area contributed by atoms with Gasteiger partial charge in [-0.3, -0.25) is 0 Å². The van der Waals surface area contributed by atoms with Gasteiger partial charge in [0.05, 0.1) is 25.3 Å². The molecule has 0 aliphatic carbocycles. The van der Waals surface area contributed by atoms with Gasteiger partial charge >= 0.3 is 5.97 Å². The van der Waals surface area contributed by atoms with Crippen LogP contribution < -0.4 is 10.1 Å². The molecule has 4 nitrogen and oxygen atoms in total. The van der Waals surface area contributed by atoms with Crippen LogP contribution >= 0.6 is 0 Å². The number of anilines is 1. The first-order valence-electron chi connectivity index (χ1n) is 7.47. The van der Waals surface area contributed by atoms with Crippen molar-refractivity contribution in [1.82, 2.24) is 0 Å². The van der Waals surface area contributed by atoms with Crippen LogP contribution in [0.3, 0.4) is 0 Å². The summed E-state index contributed by atoms with van der Waals surface area (Å²) in [5, 5.41) is 3.33. The number of benzene rings is 2. The van der Waals surface area contributed by atoms with Gasteiger partial charge in [0.15, 0.2) is 0 Å². The number of rotatable bonds is 7. The summed E-state index contributed by atoms with van der Waals surface area (Å²) in [6, 6.07) is 16.8. The van der Waals surface area contributed by atoms with Crippen molar-refractivity contribution in [3.8, 4) is 5.75 Å². The summed E-state index contributed by atoms with van der Waals surface area (Å²) in [6.45, 7) is 6.01. The number of carbonyl (C=O) groups is 1. The standard InChI is InChI=1S/C19H21NO3/c1-4-23-19(21)14(2)18(20-16-8-6-5-7-9-16)15-10-12-17(22-3)13-11-15/h5-13,18,20H,2,4H2,1,3H3/t18-/m0/s1. The molecule has 23 heavy (non-hydrogen) atoms. The molecule has 0 radical (unpaired) electrons. The van der Waals surface area contributed by atoms with Crippen molar-refractivity contribution in [2.45, 2.75) is 13.0 Å². The Morgan fingerprint density at radius 1 is 1.13 bits per heavy atom. The average molecular weight is 311 g/mol. The summed E-state index contributed by atoms with van der Waals surface area (Å²) in [7, 11) is 1.62. The summed E-state index contributed by atoms with van der Waals surface area (Å²) < 4.78 is 10.3. The van der Waals surface area contributed by atoms with E-state index in [0.717, 1.165) is 17.0 Å². The first-order chi connectivity index (χ1) is 11.2. The van der Waals surface area contributed by atoms with Crippen molar-refractivity contribution in [1.29, 1.82) is 0 Å². The van der Waals surface area contributed by atoms with Crippen LogP contribution in [0.25, 0.3) is 0 Å². The predicted molar refractivity (Wildman–Crippen MR) is 91.6 cm³/mol. The van der Waals surface area contributed by atoms with Crippen molar-refractivity contribution in [3.63, 3.8) is 0 Å². The maximum Gasteiger partial charge on any atom is 0.335 e. The maximum atomic E-state index is 12.1. The van der Waals surface area contributed by atoms with E-state index in [1.807, 2.05) is 54.6 Å². The summed E-state index contributed by atoms with van der Waals surface area (Å²) in [5.41, 5.74) is 2.17. The largest absolute Gasteiger partial charge is 0.497 e. The minimum atomic E-state index is -0.406. The molecule has 4 heteroatoms. The molecule has 2 aromatic rings. The molecule has 120 valence electrons. The SMILES string of the molecule is C=C(C(=O)OCC)[C@H](Nc1ccccc1)c1ccc(OC)cc1. The highest BCUT2D eigenvalue weighted by atomic mass is 16.5. The lowest BCUT2D eigenvalue weighted by Crippen LogP contribution is -2.20. The Morgan fingerprint density at radius 3 is 2.35 bits per heavy atom. The van der Waals surface area contributed by atoms with Gasteiger partial charge in [-0.05, 0) is 36.8 Å². The number of para-hydroxylation sites is 1. The smallest absolute Gasteiger partial charge is 0.335 e. The zero-order valence-electron chi connectivity index (χ0n) is 13.4. The maximum absolute atomic E-state index is 12.1. The molecule has 0 fully saturated rings. The molecule has 1 atom stereocenters.